The standard InChI is InChI=1S/C23H29F4N7O/c1-22(2)11-17(31-16-5-3-4-15(10-16)23(25,26)27)12-28-19(22)14-30-33-21-29-13-18(24)20(32-21)34-6-8-35-9-7-34/h3-5,10,13-14,17,19,28,31H,6-9,11-12H2,1-2H3,(H,29,32,33)/b30-14+. The van der Waals surface area contributed by atoms with Gasteiger partial charge in [0.25, 0.3) is 0 Å². The van der Waals surface area contributed by atoms with Crippen molar-refractivity contribution in [2.45, 2.75) is 38.5 Å². The zero-order valence-corrected chi connectivity index (χ0v) is 19.6. The van der Waals surface area contributed by atoms with Gasteiger partial charge >= 0.3 is 6.18 Å². The molecule has 2 saturated heterocycles. The van der Waals surface area contributed by atoms with Gasteiger partial charge in [-0.1, -0.05) is 19.9 Å². The summed E-state index contributed by atoms with van der Waals surface area (Å²) in [7, 11) is 0. The molecule has 12 heteroatoms. The van der Waals surface area contributed by atoms with Gasteiger partial charge in [0.05, 0.1) is 25.0 Å². The van der Waals surface area contributed by atoms with E-state index in [1.807, 2.05) is 0 Å². The molecule has 0 bridgehead atoms. The number of nitrogens with one attached hydrogen (secondary N) is 3. The number of rotatable bonds is 6. The summed E-state index contributed by atoms with van der Waals surface area (Å²) < 4.78 is 58.5. The van der Waals surface area contributed by atoms with Gasteiger partial charge in [0.2, 0.25) is 5.95 Å². The molecule has 2 fully saturated rings. The number of halogens is 4. The van der Waals surface area contributed by atoms with Crippen LogP contribution in [0.1, 0.15) is 25.8 Å². The molecule has 35 heavy (non-hydrogen) atoms. The summed E-state index contributed by atoms with van der Waals surface area (Å²) >= 11 is 0. The Balaban J connectivity index is 1.35. The average Bonchev–Trinajstić information content (AvgIpc) is 2.81. The predicted octanol–water partition coefficient (Wildman–Crippen LogP) is 3.74. The van der Waals surface area contributed by atoms with Crippen molar-refractivity contribution < 1.29 is 22.3 Å². The molecule has 0 spiro atoms. The number of morpholine rings is 1. The summed E-state index contributed by atoms with van der Waals surface area (Å²) in [6.07, 6.45) is -0.848. The van der Waals surface area contributed by atoms with E-state index in [2.05, 4.69) is 45.0 Å². The minimum Gasteiger partial charge on any atom is -0.381 e. The average molecular weight is 496 g/mol. The highest BCUT2D eigenvalue weighted by Gasteiger charge is 2.36. The lowest BCUT2D eigenvalue weighted by atomic mass is 9.76. The maximum Gasteiger partial charge on any atom is 0.416 e. The minimum absolute atomic E-state index is 0.0531. The molecule has 2 atom stereocenters. The van der Waals surface area contributed by atoms with Crippen LogP contribution in [-0.4, -0.2) is 61.1 Å². The quantitative estimate of drug-likeness (QED) is 0.320. The van der Waals surface area contributed by atoms with Crippen LogP contribution in [0.2, 0.25) is 0 Å². The second-order valence-electron chi connectivity index (χ2n) is 9.35. The van der Waals surface area contributed by atoms with Crippen LogP contribution in [-0.2, 0) is 10.9 Å². The fraction of sp³-hybridized carbons (Fsp3) is 0.522. The van der Waals surface area contributed by atoms with Crippen molar-refractivity contribution in [3.8, 4) is 0 Å². The summed E-state index contributed by atoms with van der Waals surface area (Å²) in [5, 5.41) is 10.8. The molecule has 0 radical (unpaired) electrons. The summed E-state index contributed by atoms with van der Waals surface area (Å²) in [4.78, 5) is 10.0. The molecule has 3 heterocycles. The SMILES string of the molecule is CC1(C)CC(Nc2cccc(C(F)(F)F)c2)CNC1/C=N/Nc1ncc(F)c(N2CCOCC2)n1. The number of piperidine rings is 1. The molecular formula is C23H29F4N7O. The van der Waals surface area contributed by atoms with E-state index in [4.69, 9.17) is 4.74 Å². The third-order valence-corrected chi connectivity index (χ3v) is 6.18. The number of hydrogen-bond donors (Lipinski definition) is 3. The van der Waals surface area contributed by atoms with Crippen LogP contribution in [0.4, 0.5) is 35.0 Å². The smallest absolute Gasteiger partial charge is 0.381 e. The number of nitrogens with zero attached hydrogens (tertiary/aromatic N) is 4. The van der Waals surface area contributed by atoms with Gasteiger partial charge < -0.3 is 20.3 Å². The topological polar surface area (TPSA) is 86.7 Å². The van der Waals surface area contributed by atoms with E-state index in [1.165, 1.54) is 6.07 Å². The molecule has 2 aliphatic heterocycles. The Bertz CT molecular complexity index is 1040. The lowest BCUT2D eigenvalue weighted by molar-refractivity contribution is -0.137. The number of hydrogen-bond acceptors (Lipinski definition) is 8. The number of alkyl halides is 3. The van der Waals surface area contributed by atoms with Crippen LogP contribution in [0, 0.1) is 11.2 Å². The monoisotopic (exact) mass is 495 g/mol. The Morgan fingerprint density at radius 3 is 2.74 bits per heavy atom. The molecule has 0 aliphatic carbocycles. The fourth-order valence-corrected chi connectivity index (χ4v) is 4.34. The Labute approximate surface area is 201 Å². The van der Waals surface area contributed by atoms with E-state index >= 15 is 0 Å². The number of anilines is 3. The molecule has 2 aromatic rings. The Morgan fingerprint density at radius 1 is 1.26 bits per heavy atom. The van der Waals surface area contributed by atoms with Gasteiger partial charge in [0.15, 0.2) is 11.6 Å². The maximum absolute atomic E-state index is 14.2. The third kappa shape index (κ3) is 6.37. The second-order valence-corrected chi connectivity index (χ2v) is 9.35. The number of aromatic nitrogens is 2. The molecule has 1 aromatic carbocycles. The molecule has 4 rings (SSSR count). The van der Waals surface area contributed by atoms with Crippen LogP contribution >= 0.6 is 0 Å². The predicted molar refractivity (Wildman–Crippen MR) is 126 cm³/mol. The molecule has 1 aromatic heterocycles. The van der Waals surface area contributed by atoms with Gasteiger partial charge in [-0.2, -0.15) is 23.3 Å². The van der Waals surface area contributed by atoms with Gasteiger partial charge in [-0.15, -0.1) is 0 Å². The van der Waals surface area contributed by atoms with Crippen LogP contribution < -0.4 is 21.0 Å². The van der Waals surface area contributed by atoms with Crippen molar-refractivity contribution in [1.29, 1.82) is 0 Å². The molecular weight excluding hydrogens is 466 g/mol. The van der Waals surface area contributed by atoms with Gasteiger partial charge in [-0.05, 0) is 30.0 Å². The summed E-state index contributed by atoms with van der Waals surface area (Å²) in [5.41, 5.74) is 2.28. The Hall–Kier alpha value is -2.99. The van der Waals surface area contributed by atoms with Crippen molar-refractivity contribution >= 4 is 23.7 Å². The lowest BCUT2D eigenvalue weighted by Crippen LogP contribution is -2.55. The van der Waals surface area contributed by atoms with Crippen LogP contribution in [0.15, 0.2) is 35.6 Å². The largest absolute Gasteiger partial charge is 0.416 e. The van der Waals surface area contributed by atoms with Crippen LogP contribution in [0.25, 0.3) is 0 Å². The number of ether oxygens (including phenoxy) is 1. The zero-order valence-electron chi connectivity index (χ0n) is 19.6. The van der Waals surface area contributed by atoms with E-state index in [1.54, 1.807) is 17.2 Å². The van der Waals surface area contributed by atoms with Gasteiger partial charge in [0, 0.05) is 43.6 Å². The summed E-state index contributed by atoms with van der Waals surface area (Å²) in [6, 6.07) is 5.06. The van der Waals surface area contributed by atoms with Crippen LogP contribution in [0.5, 0.6) is 0 Å². The van der Waals surface area contributed by atoms with Gasteiger partial charge in [-0.3, -0.25) is 0 Å². The van der Waals surface area contributed by atoms with E-state index in [-0.39, 0.29) is 29.3 Å². The Kier molecular flexibility index (Phi) is 7.41. The highest BCUT2D eigenvalue weighted by molar-refractivity contribution is 5.67. The molecule has 0 saturated carbocycles. The fourth-order valence-electron chi connectivity index (χ4n) is 4.34. The van der Waals surface area contributed by atoms with Crippen molar-refractivity contribution in [3.63, 3.8) is 0 Å². The van der Waals surface area contributed by atoms with Crippen molar-refractivity contribution in [2.24, 2.45) is 10.5 Å². The lowest BCUT2D eigenvalue weighted by Gasteiger charge is -2.42. The molecule has 190 valence electrons. The maximum atomic E-state index is 14.2. The molecule has 2 aliphatic rings. The van der Waals surface area contributed by atoms with E-state index in [9.17, 15) is 17.6 Å². The highest BCUT2D eigenvalue weighted by Crippen LogP contribution is 2.33. The molecule has 0 amide bonds. The van der Waals surface area contributed by atoms with Crippen molar-refractivity contribution in [3.05, 3.63) is 41.8 Å². The first-order chi connectivity index (χ1) is 16.6. The number of hydrazone groups is 1. The summed E-state index contributed by atoms with van der Waals surface area (Å²) in [5.74, 6) is -0.113. The molecule has 8 nitrogen and oxygen atoms in total. The molecule has 3 N–H and O–H groups in total. The van der Waals surface area contributed by atoms with Gasteiger partial charge in [-0.25, -0.2) is 14.8 Å². The highest BCUT2D eigenvalue weighted by atomic mass is 19.4. The van der Waals surface area contributed by atoms with Crippen molar-refractivity contribution in [2.75, 3.05) is 48.5 Å². The molecule has 2 unspecified atom stereocenters. The number of benzene rings is 1. The third-order valence-electron chi connectivity index (χ3n) is 6.18. The van der Waals surface area contributed by atoms with E-state index in [0.29, 0.717) is 45.0 Å². The second kappa shape index (κ2) is 10.3. The van der Waals surface area contributed by atoms with Crippen LogP contribution in [0.3, 0.4) is 0 Å². The first-order valence-corrected chi connectivity index (χ1v) is 11.4. The first-order valence-electron chi connectivity index (χ1n) is 11.4. The first kappa shape index (κ1) is 25.1. The normalized spacial score (nSPS) is 22.9. The Morgan fingerprint density at radius 2 is 2.03 bits per heavy atom. The van der Waals surface area contributed by atoms with Gasteiger partial charge in [0.1, 0.15) is 0 Å². The van der Waals surface area contributed by atoms with Crippen molar-refractivity contribution in [1.82, 2.24) is 15.3 Å². The summed E-state index contributed by atoms with van der Waals surface area (Å²) in [6.45, 7) is 6.78. The minimum atomic E-state index is -4.38. The zero-order chi connectivity index (χ0) is 25.1. The van der Waals surface area contributed by atoms with E-state index in [0.717, 1.165) is 18.3 Å². The van der Waals surface area contributed by atoms with E-state index < -0.39 is 17.6 Å².